The Morgan fingerprint density at radius 3 is 2.24 bits per heavy atom. The van der Waals surface area contributed by atoms with Crippen molar-refractivity contribution in [3.05, 3.63) is 79.3 Å². The second kappa shape index (κ2) is 8.86. The van der Waals surface area contributed by atoms with Crippen molar-refractivity contribution in [3.63, 3.8) is 0 Å². The van der Waals surface area contributed by atoms with Gasteiger partial charge in [0, 0.05) is 16.0 Å². The number of carbonyl (C=O) groups is 1. The molecule has 0 radical (unpaired) electrons. The van der Waals surface area contributed by atoms with Gasteiger partial charge in [-0.1, -0.05) is 38.4 Å². The number of benzene rings is 1. The first-order valence-electron chi connectivity index (χ1n) is 9.74. The van der Waals surface area contributed by atoms with Crippen molar-refractivity contribution in [1.29, 1.82) is 0 Å². The van der Waals surface area contributed by atoms with Crippen LogP contribution in [0.25, 0.3) is 0 Å². The van der Waals surface area contributed by atoms with Crippen molar-refractivity contribution in [1.82, 2.24) is 10.3 Å². The van der Waals surface area contributed by atoms with Crippen LogP contribution < -0.4 is 26.8 Å². The minimum Gasteiger partial charge on any atom is -0.360 e. The van der Waals surface area contributed by atoms with Crippen LogP contribution in [0.15, 0.2) is 52.2 Å². The summed E-state index contributed by atoms with van der Waals surface area (Å²) >= 11 is 5.94. The number of anilines is 3. The Balaban J connectivity index is 1.82. The van der Waals surface area contributed by atoms with Crippen LogP contribution >= 0.6 is 11.6 Å². The van der Waals surface area contributed by atoms with E-state index in [0.29, 0.717) is 10.6 Å². The van der Waals surface area contributed by atoms with Crippen LogP contribution in [-0.2, 0) is 6.18 Å². The summed E-state index contributed by atoms with van der Waals surface area (Å²) in [6.45, 7) is 5.42. The van der Waals surface area contributed by atoms with E-state index in [-0.39, 0.29) is 17.1 Å². The molecule has 1 atom stereocenters. The van der Waals surface area contributed by atoms with Gasteiger partial charge in [-0.05, 0) is 30.3 Å². The SMILES string of the molecule is CC(C)(C)C(NC(=O)c1cccc(Cl)c1)Nc1c(Nc2ccc(C(F)(F)F)nc2)c(=O)c1=O. The molecular weight excluding hydrogens is 461 g/mol. The minimum absolute atomic E-state index is 0.0911. The molecule has 0 spiro atoms. The Morgan fingerprint density at radius 1 is 1.03 bits per heavy atom. The Morgan fingerprint density at radius 2 is 1.70 bits per heavy atom. The van der Waals surface area contributed by atoms with Gasteiger partial charge in [-0.3, -0.25) is 14.4 Å². The first-order chi connectivity index (χ1) is 15.3. The molecule has 0 fully saturated rings. The number of hydrogen-bond acceptors (Lipinski definition) is 6. The lowest BCUT2D eigenvalue weighted by Crippen LogP contribution is -2.51. The summed E-state index contributed by atoms with van der Waals surface area (Å²) in [5.41, 5.74) is -3.17. The standard InChI is InChI=1S/C22H20ClF3N4O3/c1-21(2,3)20(30-19(33)11-5-4-6-12(23)9-11)29-16-15(17(31)18(16)32)28-13-7-8-14(27-10-13)22(24,25)26/h4-10,20,28-29H,1-3H3,(H,30,33). The molecule has 1 unspecified atom stereocenters. The highest BCUT2D eigenvalue weighted by atomic mass is 35.5. The Kier molecular flexibility index (Phi) is 6.51. The van der Waals surface area contributed by atoms with Gasteiger partial charge >= 0.3 is 6.18 Å². The van der Waals surface area contributed by atoms with Gasteiger partial charge in [0.15, 0.2) is 0 Å². The average molecular weight is 481 g/mol. The van der Waals surface area contributed by atoms with Gasteiger partial charge in [0.25, 0.3) is 16.8 Å². The van der Waals surface area contributed by atoms with Gasteiger partial charge in [0.2, 0.25) is 0 Å². The molecular formula is C22H20ClF3N4O3. The topological polar surface area (TPSA) is 100 Å². The largest absolute Gasteiger partial charge is 0.433 e. The molecule has 33 heavy (non-hydrogen) atoms. The number of amides is 1. The maximum absolute atomic E-state index is 12.7. The van der Waals surface area contributed by atoms with Gasteiger partial charge < -0.3 is 16.0 Å². The molecule has 1 amide bonds. The summed E-state index contributed by atoms with van der Waals surface area (Å²) in [7, 11) is 0. The predicted molar refractivity (Wildman–Crippen MR) is 120 cm³/mol. The Bertz CT molecular complexity index is 1240. The zero-order valence-corrected chi connectivity index (χ0v) is 18.6. The molecule has 0 aliphatic carbocycles. The number of rotatable bonds is 6. The zero-order chi connectivity index (χ0) is 24.6. The molecule has 3 rings (SSSR count). The second-order valence-corrected chi connectivity index (χ2v) is 8.83. The number of hydrogen-bond donors (Lipinski definition) is 3. The number of nitrogens with one attached hydrogen (secondary N) is 3. The molecule has 0 saturated heterocycles. The summed E-state index contributed by atoms with van der Waals surface area (Å²) in [5, 5.41) is 8.65. The number of pyridine rings is 1. The van der Waals surface area contributed by atoms with Crippen molar-refractivity contribution in [2.45, 2.75) is 33.1 Å². The van der Waals surface area contributed by atoms with Crippen LogP contribution in [-0.4, -0.2) is 17.1 Å². The van der Waals surface area contributed by atoms with E-state index in [2.05, 4.69) is 20.9 Å². The van der Waals surface area contributed by atoms with E-state index < -0.39 is 40.2 Å². The van der Waals surface area contributed by atoms with Crippen LogP contribution in [0.1, 0.15) is 36.8 Å². The summed E-state index contributed by atoms with van der Waals surface area (Å²) in [6.07, 6.45) is -4.47. The normalized spacial score (nSPS) is 12.9. The van der Waals surface area contributed by atoms with Crippen LogP contribution in [0.5, 0.6) is 0 Å². The number of carbonyl (C=O) groups excluding carboxylic acids is 1. The summed E-state index contributed by atoms with van der Waals surface area (Å²) < 4.78 is 38.1. The fraction of sp³-hybridized carbons (Fsp3) is 0.273. The molecule has 1 heterocycles. The fourth-order valence-corrected chi connectivity index (χ4v) is 3.08. The highest BCUT2D eigenvalue weighted by Crippen LogP contribution is 2.29. The minimum atomic E-state index is -4.60. The van der Waals surface area contributed by atoms with E-state index in [1.165, 1.54) is 6.07 Å². The molecule has 0 aliphatic rings. The fourth-order valence-electron chi connectivity index (χ4n) is 2.89. The molecule has 0 saturated carbocycles. The highest BCUT2D eigenvalue weighted by molar-refractivity contribution is 6.30. The number of alkyl halides is 3. The monoisotopic (exact) mass is 480 g/mol. The number of nitrogens with zero attached hydrogens (tertiary/aromatic N) is 1. The third-order valence-corrected chi connectivity index (χ3v) is 4.99. The molecule has 0 bridgehead atoms. The third-order valence-electron chi connectivity index (χ3n) is 4.75. The van der Waals surface area contributed by atoms with Gasteiger partial charge in [-0.2, -0.15) is 13.2 Å². The second-order valence-electron chi connectivity index (χ2n) is 8.39. The van der Waals surface area contributed by atoms with Crippen molar-refractivity contribution in [2.75, 3.05) is 10.6 Å². The van der Waals surface area contributed by atoms with E-state index >= 15 is 0 Å². The quantitative estimate of drug-likeness (QED) is 0.359. The molecule has 3 aromatic rings. The average Bonchev–Trinajstić information content (AvgIpc) is 2.73. The summed E-state index contributed by atoms with van der Waals surface area (Å²) in [4.78, 5) is 40.3. The zero-order valence-electron chi connectivity index (χ0n) is 17.8. The van der Waals surface area contributed by atoms with Crippen LogP contribution in [0.2, 0.25) is 5.02 Å². The van der Waals surface area contributed by atoms with Gasteiger partial charge in [0.1, 0.15) is 23.2 Å². The smallest absolute Gasteiger partial charge is 0.360 e. The molecule has 0 aliphatic heterocycles. The Hall–Kier alpha value is -3.40. The summed E-state index contributed by atoms with van der Waals surface area (Å²) in [6, 6.07) is 8.15. The maximum atomic E-state index is 12.7. The summed E-state index contributed by atoms with van der Waals surface area (Å²) in [5.74, 6) is -0.454. The maximum Gasteiger partial charge on any atom is 0.433 e. The first kappa shape index (κ1) is 24.2. The Labute approximate surface area is 191 Å². The predicted octanol–water partition coefficient (Wildman–Crippen LogP) is 4.31. The molecule has 1 aromatic heterocycles. The molecule has 174 valence electrons. The van der Waals surface area contributed by atoms with Crippen LogP contribution in [0.3, 0.4) is 0 Å². The van der Waals surface area contributed by atoms with E-state index in [1.807, 2.05) is 0 Å². The van der Waals surface area contributed by atoms with E-state index in [9.17, 15) is 27.6 Å². The highest BCUT2D eigenvalue weighted by Gasteiger charge is 2.33. The van der Waals surface area contributed by atoms with Crippen LogP contribution in [0.4, 0.5) is 30.2 Å². The molecule has 7 nitrogen and oxygen atoms in total. The van der Waals surface area contributed by atoms with Crippen LogP contribution in [0, 0.1) is 5.41 Å². The van der Waals surface area contributed by atoms with Gasteiger partial charge in [0.05, 0.1) is 11.9 Å². The van der Waals surface area contributed by atoms with Crippen molar-refractivity contribution >= 4 is 34.6 Å². The molecule has 3 N–H and O–H groups in total. The van der Waals surface area contributed by atoms with E-state index in [1.54, 1.807) is 39.0 Å². The molecule has 11 heteroatoms. The van der Waals surface area contributed by atoms with Crippen molar-refractivity contribution < 1.29 is 18.0 Å². The van der Waals surface area contributed by atoms with Crippen molar-refractivity contribution in [3.8, 4) is 0 Å². The van der Waals surface area contributed by atoms with E-state index in [0.717, 1.165) is 18.3 Å². The molecule has 2 aromatic carbocycles. The lowest BCUT2D eigenvalue weighted by Gasteiger charge is -2.33. The lowest BCUT2D eigenvalue weighted by molar-refractivity contribution is -0.141. The number of halogens is 4. The van der Waals surface area contributed by atoms with Gasteiger partial charge in [-0.15, -0.1) is 0 Å². The van der Waals surface area contributed by atoms with Crippen molar-refractivity contribution in [2.24, 2.45) is 5.41 Å². The lowest BCUT2D eigenvalue weighted by atomic mass is 9.91. The number of aromatic nitrogens is 1. The van der Waals surface area contributed by atoms with Gasteiger partial charge in [-0.25, -0.2) is 4.98 Å². The van der Waals surface area contributed by atoms with E-state index in [4.69, 9.17) is 11.6 Å². The third kappa shape index (κ3) is 5.51. The first-order valence-corrected chi connectivity index (χ1v) is 10.1.